The Morgan fingerprint density at radius 1 is 0.971 bits per heavy atom. The summed E-state index contributed by atoms with van der Waals surface area (Å²) in [5.74, 6) is -0.155. The predicted molar refractivity (Wildman–Crippen MR) is 146 cm³/mol. The summed E-state index contributed by atoms with van der Waals surface area (Å²) < 4.78 is 36.0. The van der Waals surface area contributed by atoms with Crippen LogP contribution in [0.5, 0.6) is 5.75 Å². The van der Waals surface area contributed by atoms with E-state index >= 15 is 0 Å². The minimum atomic E-state index is -4.57. The van der Waals surface area contributed by atoms with Crippen molar-refractivity contribution in [1.29, 1.82) is 0 Å². The van der Waals surface area contributed by atoms with Crippen molar-refractivity contribution >= 4 is 53.3 Å². The Morgan fingerprint density at radius 2 is 1.57 bits per heavy atom. The van der Waals surface area contributed by atoms with E-state index in [2.05, 4.69) is 31.9 Å². The van der Waals surface area contributed by atoms with E-state index in [9.17, 15) is 22.9 Å². The quantitative estimate of drug-likeness (QED) is 0.337. The number of phenolic OH excluding ortho intramolecular Hbond substituents is 1. The maximum absolute atomic E-state index is 12.9. The molecule has 2 N–H and O–H groups in total. The van der Waals surface area contributed by atoms with E-state index in [-0.39, 0.29) is 28.3 Å². The number of benzene rings is 2. The Kier molecular flexibility index (Phi) is 8.01. The fourth-order valence-electron chi connectivity index (χ4n) is 4.43. The molecule has 2 aromatic rings. The van der Waals surface area contributed by atoms with Crippen LogP contribution in [0.25, 0.3) is 5.57 Å². The molecule has 0 fully saturated rings. The van der Waals surface area contributed by atoms with Crippen LogP contribution in [0.4, 0.5) is 0 Å². The van der Waals surface area contributed by atoms with E-state index in [0.29, 0.717) is 42.4 Å². The molecule has 0 radical (unpaired) electrons. The first-order chi connectivity index (χ1) is 16.2. The maximum Gasteiger partial charge on any atom is 0.295 e. The second-order valence-corrected chi connectivity index (χ2v) is 12.2. The third kappa shape index (κ3) is 5.12. The molecule has 0 bridgehead atoms. The van der Waals surface area contributed by atoms with Crippen LogP contribution in [0.2, 0.25) is 0 Å². The van der Waals surface area contributed by atoms with Gasteiger partial charge in [0.05, 0.1) is 8.96 Å². The maximum atomic E-state index is 12.9. The van der Waals surface area contributed by atoms with Crippen LogP contribution in [-0.4, -0.2) is 23.9 Å². The Morgan fingerprint density at radius 3 is 2.11 bits per heavy atom. The minimum absolute atomic E-state index is 0.0513. The molecule has 35 heavy (non-hydrogen) atoms. The number of phenols is 1. The number of aryl methyl sites for hydroxylation is 1. The molecule has 3 rings (SSSR count). The molecule has 0 atom stereocenters. The highest BCUT2D eigenvalue weighted by Crippen LogP contribution is 2.47. The van der Waals surface area contributed by atoms with Gasteiger partial charge in [-0.05, 0) is 115 Å². The third-order valence-corrected chi connectivity index (χ3v) is 8.54. The van der Waals surface area contributed by atoms with Gasteiger partial charge in [0.15, 0.2) is 5.78 Å². The van der Waals surface area contributed by atoms with Gasteiger partial charge in [0.2, 0.25) is 0 Å². The molecule has 0 unspecified atom stereocenters. The molecule has 0 spiro atoms. The van der Waals surface area contributed by atoms with Crippen LogP contribution in [-0.2, 0) is 14.9 Å². The monoisotopic (exact) mass is 622 g/mol. The molecular formula is C27H28Br2O5S. The standard InChI is InChI=1S/C27H28Br2O5S/c1-13(2)21-18(11-15(5)26(30)24(21)28)23(17-9-7-8-10-20(17)35(32,33)34)19-12-16(6)27(31)25(29)22(19)14(3)4/h7-14,30H,1-6H3,(H,32,33,34). The van der Waals surface area contributed by atoms with Gasteiger partial charge in [0.1, 0.15) is 10.6 Å². The fourth-order valence-corrected chi connectivity index (χ4v) is 7.10. The summed E-state index contributed by atoms with van der Waals surface area (Å²) in [7, 11) is -4.57. The number of rotatable bonds is 5. The van der Waals surface area contributed by atoms with Crippen molar-refractivity contribution < 1.29 is 22.9 Å². The van der Waals surface area contributed by atoms with Gasteiger partial charge in [-0.1, -0.05) is 45.9 Å². The molecule has 0 heterocycles. The summed E-state index contributed by atoms with van der Waals surface area (Å²) in [6.07, 6.45) is 1.78. The number of ketones is 1. The van der Waals surface area contributed by atoms with Gasteiger partial charge in [0.25, 0.3) is 10.1 Å². The zero-order valence-electron chi connectivity index (χ0n) is 20.4. The third-order valence-electron chi connectivity index (χ3n) is 6.04. The molecule has 5 nitrogen and oxygen atoms in total. The Hall–Kier alpha value is -2.00. The lowest BCUT2D eigenvalue weighted by molar-refractivity contribution is -0.111. The summed E-state index contributed by atoms with van der Waals surface area (Å²) in [4.78, 5) is 12.6. The number of carbonyl (C=O) groups is 1. The van der Waals surface area contributed by atoms with Gasteiger partial charge in [-0.2, -0.15) is 8.42 Å². The van der Waals surface area contributed by atoms with Gasteiger partial charge < -0.3 is 5.11 Å². The number of aromatic hydroxyl groups is 1. The second kappa shape index (κ2) is 10.2. The Bertz CT molecular complexity index is 1430. The molecule has 1 aliphatic carbocycles. The first-order valence-electron chi connectivity index (χ1n) is 11.1. The van der Waals surface area contributed by atoms with E-state index in [1.807, 2.05) is 33.8 Å². The minimum Gasteiger partial charge on any atom is -0.506 e. The molecule has 186 valence electrons. The number of Topliss-reactive ketones (excluding diaryl/α,β-unsaturated/α-hetero) is 1. The van der Waals surface area contributed by atoms with Crippen molar-refractivity contribution in [3.63, 3.8) is 0 Å². The van der Waals surface area contributed by atoms with Crippen molar-refractivity contribution in [1.82, 2.24) is 0 Å². The van der Waals surface area contributed by atoms with E-state index in [4.69, 9.17) is 0 Å². The van der Waals surface area contributed by atoms with Crippen molar-refractivity contribution in [3.8, 4) is 5.75 Å². The zero-order chi connectivity index (χ0) is 26.4. The Balaban J connectivity index is 2.70. The van der Waals surface area contributed by atoms with Crippen LogP contribution in [0.15, 0.2) is 67.0 Å². The lowest BCUT2D eigenvalue weighted by Crippen LogP contribution is -2.16. The van der Waals surface area contributed by atoms with Crippen molar-refractivity contribution in [3.05, 3.63) is 84.3 Å². The molecule has 1 aliphatic rings. The smallest absolute Gasteiger partial charge is 0.295 e. The van der Waals surface area contributed by atoms with E-state index in [1.165, 1.54) is 6.07 Å². The normalized spacial score (nSPS) is 16.3. The molecule has 0 aromatic heterocycles. The van der Waals surface area contributed by atoms with Crippen LogP contribution >= 0.6 is 31.9 Å². The van der Waals surface area contributed by atoms with E-state index in [1.54, 1.807) is 38.1 Å². The van der Waals surface area contributed by atoms with Gasteiger partial charge >= 0.3 is 0 Å². The average molecular weight is 624 g/mol. The second-order valence-electron chi connectivity index (χ2n) is 9.27. The highest BCUT2D eigenvalue weighted by atomic mass is 79.9. The lowest BCUT2D eigenvalue weighted by atomic mass is 9.78. The topological polar surface area (TPSA) is 91.7 Å². The van der Waals surface area contributed by atoms with Crippen molar-refractivity contribution in [2.75, 3.05) is 0 Å². The summed E-state index contributed by atoms with van der Waals surface area (Å²) >= 11 is 7.05. The van der Waals surface area contributed by atoms with Gasteiger partial charge in [-0.15, -0.1) is 0 Å². The van der Waals surface area contributed by atoms with Crippen LogP contribution in [0.3, 0.4) is 0 Å². The number of allylic oxidation sites excluding steroid dienone is 5. The molecular weight excluding hydrogens is 596 g/mol. The first-order valence-corrected chi connectivity index (χ1v) is 14.2. The summed E-state index contributed by atoms with van der Waals surface area (Å²) in [6.45, 7) is 11.4. The highest BCUT2D eigenvalue weighted by molar-refractivity contribution is 9.12. The number of carbonyl (C=O) groups excluding carboxylic acids is 1. The average Bonchev–Trinajstić information content (AvgIpc) is 2.75. The van der Waals surface area contributed by atoms with Gasteiger partial charge in [0, 0.05) is 5.56 Å². The Labute approximate surface area is 223 Å². The van der Waals surface area contributed by atoms with Crippen LogP contribution in [0.1, 0.15) is 62.8 Å². The first kappa shape index (κ1) is 27.6. The molecule has 8 heteroatoms. The number of hydrogen-bond acceptors (Lipinski definition) is 4. The molecule has 0 saturated heterocycles. The molecule has 0 saturated carbocycles. The molecule has 0 amide bonds. The predicted octanol–water partition coefficient (Wildman–Crippen LogP) is 7.47. The van der Waals surface area contributed by atoms with E-state index in [0.717, 1.165) is 11.1 Å². The summed E-state index contributed by atoms with van der Waals surface area (Å²) in [6, 6.07) is 8.10. The number of hydrogen-bond donors (Lipinski definition) is 2. The lowest BCUT2D eigenvalue weighted by Gasteiger charge is -2.28. The summed E-state index contributed by atoms with van der Waals surface area (Å²) in [5, 5.41) is 10.7. The molecule has 2 aromatic carbocycles. The SMILES string of the molecule is CC1=CC(=C(c2ccccc2S(=O)(=O)O)c2cc(C)c(O)c(Br)c2C(C)C)C(C(C)C)=C(Br)C1=O. The van der Waals surface area contributed by atoms with Crippen molar-refractivity contribution in [2.45, 2.75) is 52.4 Å². The van der Waals surface area contributed by atoms with Crippen molar-refractivity contribution in [2.24, 2.45) is 5.92 Å². The van der Waals surface area contributed by atoms with Crippen LogP contribution in [0, 0.1) is 12.8 Å². The highest BCUT2D eigenvalue weighted by Gasteiger charge is 2.31. The van der Waals surface area contributed by atoms with Gasteiger partial charge in [-0.3, -0.25) is 9.35 Å². The summed E-state index contributed by atoms with van der Waals surface area (Å²) in [5.41, 5.74) is 4.85. The molecule has 0 aliphatic heterocycles. The van der Waals surface area contributed by atoms with Crippen LogP contribution < -0.4 is 0 Å². The fraction of sp³-hybridized carbons (Fsp3) is 0.296. The largest absolute Gasteiger partial charge is 0.506 e. The van der Waals surface area contributed by atoms with E-state index < -0.39 is 10.1 Å². The number of halogens is 2. The van der Waals surface area contributed by atoms with Gasteiger partial charge in [-0.25, -0.2) is 0 Å². The zero-order valence-corrected chi connectivity index (χ0v) is 24.4.